The molecule has 4 aromatic rings. The molecule has 0 aliphatic carbocycles. The van der Waals surface area contributed by atoms with Crippen LogP contribution >= 0.6 is 11.6 Å². The van der Waals surface area contributed by atoms with E-state index in [0.29, 0.717) is 12.6 Å². The fraction of sp³-hybridized carbons (Fsp3) is 0.214. The average Bonchev–Trinajstić information content (AvgIpc) is 2.81. The van der Waals surface area contributed by atoms with Crippen molar-refractivity contribution < 1.29 is 4.74 Å². The Kier molecular flexibility index (Phi) is 7.24. The first kappa shape index (κ1) is 21.4. The molecule has 0 saturated heterocycles. The zero-order chi connectivity index (χ0) is 21.5. The molecule has 0 fully saturated rings. The number of hydrogen-bond donors (Lipinski definition) is 1. The summed E-state index contributed by atoms with van der Waals surface area (Å²) in [6, 6.07) is 31.6. The number of aryl methyl sites for hydroxylation is 1. The molecule has 4 rings (SSSR count). The average molecular weight is 430 g/mol. The summed E-state index contributed by atoms with van der Waals surface area (Å²) >= 11 is 6.13. The van der Waals surface area contributed by atoms with Crippen LogP contribution in [0.3, 0.4) is 0 Å². The van der Waals surface area contributed by atoms with E-state index in [1.807, 2.05) is 24.3 Å². The first-order chi connectivity index (χ1) is 15.2. The largest absolute Gasteiger partial charge is 0.489 e. The van der Waals surface area contributed by atoms with Crippen LogP contribution in [0.15, 0.2) is 91.0 Å². The van der Waals surface area contributed by atoms with Gasteiger partial charge in [-0.25, -0.2) is 0 Å². The van der Waals surface area contributed by atoms with Gasteiger partial charge in [0, 0.05) is 23.2 Å². The molecular weight excluding hydrogens is 402 g/mol. The second-order valence-electron chi connectivity index (χ2n) is 7.99. The van der Waals surface area contributed by atoms with Gasteiger partial charge in [0.25, 0.3) is 0 Å². The third-order valence-electron chi connectivity index (χ3n) is 5.62. The third-order valence-corrected chi connectivity index (χ3v) is 5.85. The lowest BCUT2D eigenvalue weighted by molar-refractivity contribution is 0.302. The van der Waals surface area contributed by atoms with E-state index in [2.05, 4.69) is 79.0 Å². The van der Waals surface area contributed by atoms with E-state index in [1.54, 1.807) is 0 Å². The lowest BCUT2D eigenvalue weighted by Gasteiger charge is -2.18. The normalized spacial score (nSPS) is 12.1. The maximum Gasteiger partial charge on any atom is 0.124 e. The van der Waals surface area contributed by atoms with E-state index in [0.717, 1.165) is 35.7 Å². The predicted octanol–water partition coefficient (Wildman–Crippen LogP) is 7.18. The Morgan fingerprint density at radius 2 is 1.61 bits per heavy atom. The molecule has 0 aromatic heterocycles. The minimum atomic E-state index is 0.403. The molecular formula is C28H28ClNO. The fourth-order valence-electron chi connectivity index (χ4n) is 3.83. The van der Waals surface area contributed by atoms with Crippen molar-refractivity contribution in [3.8, 4) is 5.75 Å². The van der Waals surface area contributed by atoms with Crippen LogP contribution in [0.4, 0.5) is 0 Å². The molecule has 0 heterocycles. The van der Waals surface area contributed by atoms with Gasteiger partial charge in [0.2, 0.25) is 0 Å². The van der Waals surface area contributed by atoms with Gasteiger partial charge in [-0.05, 0) is 59.9 Å². The van der Waals surface area contributed by atoms with Gasteiger partial charge < -0.3 is 10.1 Å². The number of ether oxygens (including phenoxy) is 1. The number of halogens is 1. The molecule has 158 valence electrons. The van der Waals surface area contributed by atoms with E-state index in [4.69, 9.17) is 16.3 Å². The van der Waals surface area contributed by atoms with Crippen molar-refractivity contribution in [2.24, 2.45) is 0 Å². The van der Waals surface area contributed by atoms with Crippen molar-refractivity contribution >= 4 is 22.4 Å². The van der Waals surface area contributed by atoms with Crippen molar-refractivity contribution in [1.82, 2.24) is 5.32 Å². The molecule has 0 spiro atoms. The van der Waals surface area contributed by atoms with Crippen molar-refractivity contribution in [2.75, 3.05) is 0 Å². The molecule has 1 atom stereocenters. The van der Waals surface area contributed by atoms with E-state index < -0.39 is 0 Å². The summed E-state index contributed by atoms with van der Waals surface area (Å²) in [6.07, 6.45) is 2.16. The summed E-state index contributed by atoms with van der Waals surface area (Å²) in [7, 11) is 0. The van der Waals surface area contributed by atoms with Gasteiger partial charge in [0.1, 0.15) is 12.4 Å². The second-order valence-corrected chi connectivity index (χ2v) is 8.42. The monoisotopic (exact) mass is 429 g/mol. The summed E-state index contributed by atoms with van der Waals surface area (Å²) in [5.74, 6) is 0.918. The SMILES string of the molecule is C[C@@H](CCc1ccccc1)NCc1c(OCc2cccc(Cl)c2)ccc2ccccc12. The Balaban J connectivity index is 1.47. The molecule has 0 unspecified atom stereocenters. The molecule has 0 aliphatic rings. The Labute approximate surface area is 189 Å². The Bertz CT molecular complexity index is 1130. The number of rotatable bonds is 9. The van der Waals surface area contributed by atoms with Gasteiger partial charge in [-0.3, -0.25) is 0 Å². The zero-order valence-corrected chi connectivity index (χ0v) is 18.6. The lowest BCUT2D eigenvalue weighted by atomic mass is 10.0. The van der Waals surface area contributed by atoms with Crippen molar-refractivity contribution in [2.45, 2.75) is 39.0 Å². The van der Waals surface area contributed by atoms with Gasteiger partial charge in [-0.15, -0.1) is 0 Å². The third kappa shape index (κ3) is 5.88. The van der Waals surface area contributed by atoms with Gasteiger partial charge in [0.05, 0.1) is 0 Å². The van der Waals surface area contributed by atoms with Crippen molar-refractivity contribution in [1.29, 1.82) is 0 Å². The van der Waals surface area contributed by atoms with Gasteiger partial charge >= 0.3 is 0 Å². The lowest BCUT2D eigenvalue weighted by Crippen LogP contribution is -2.26. The molecule has 0 saturated carbocycles. The highest BCUT2D eigenvalue weighted by atomic mass is 35.5. The molecule has 0 bridgehead atoms. The molecule has 31 heavy (non-hydrogen) atoms. The minimum Gasteiger partial charge on any atom is -0.489 e. The molecule has 0 aliphatic heterocycles. The van der Waals surface area contributed by atoms with E-state index in [9.17, 15) is 0 Å². The van der Waals surface area contributed by atoms with Crippen LogP contribution in [0.5, 0.6) is 5.75 Å². The van der Waals surface area contributed by atoms with Crippen molar-refractivity contribution in [3.63, 3.8) is 0 Å². The summed E-state index contributed by atoms with van der Waals surface area (Å²) in [4.78, 5) is 0. The number of fused-ring (bicyclic) bond motifs is 1. The van der Waals surface area contributed by atoms with E-state index >= 15 is 0 Å². The molecule has 3 heteroatoms. The summed E-state index contributed by atoms with van der Waals surface area (Å²) in [5, 5.41) is 6.90. The second kappa shape index (κ2) is 10.5. The van der Waals surface area contributed by atoms with E-state index in [1.165, 1.54) is 21.9 Å². The Hall–Kier alpha value is -2.81. The van der Waals surface area contributed by atoms with E-state index in [-0.39, 0.29) is 0 Å². The molecule has 2 nitrogen and oxygen atoms in total. The molecule has 4 aromatic carbocycles. The minimum absolute atomic E-state index is 0.403. The molecule has 0 radical (unpaired) electrons. The van der Waals surface area contributed by atoms with Crippen LogP contribution in [0.25, 0.3) is 10.8 Å². The standard InChI is InChI=1S/C28H28ClNO/c1-21(14-15-22-8-3-2-4-9-22)30-19-27-26-13-6-5-11-24(26)16-17-28(27)31-20-23-10-7-12-25(29)18-23/h2-13,16-18,21,30H,14-15,19-20H2,1H3/t21-/m0/s1. The van der Waals surface area contributed by atoms with Gasteiger partial charge in [0.15, 0.2) is 0 Å². The van der Waals surface area contributed by atoms with Crippen LogP contribution < -0.4 is 10.1 Å². The maximum absolute atomic E-state index is 6.25. The first-order valence-electron chi connectivity index (χ1n) is 10.8. The number of nitrogens with one attached hydrogen (secondary N) is 1. The van der Waals surface area contributed by atoms with Crippen LogP contribution in [0.1, 0.15) is 30.0 Å². The Morgan fingerprint density at radius 3 is 2.45 bits per heavy atom. The first-order valence-corrected chi connectivity index (χ1v) is 11.2. The summed E-state index contributed by atoms with van der Waals surface area (Å²) < 4.78 is 6.25. The van der Waals surface area contributed by atoms with Crippen molar-refractivity contribution in [3.05, 3.63) is 113 Å². The summed E-state index contributed by atoms with van der Waals surface area (Å²) in [6.45, 7) is 3.51. The van der Waals surface area contributed by atoms with Crippen LogP contribution in [-0.4, -0.2) is 6.04 Å². The van der Waals surface area contributed by atoms with Crippen LogP contribution in [-0.2, 0) is 19.6 Å². The Morgan fingerprint density at radius 1 is 0.839 bits per heavy atom. The van der Waals surface area contributed by atoms with Crippen LogP contribution in [0.2, 0.25) is 5.02 Å². The highest BCUT2D eigenvalue weighted by molar-refractivity contribution is 6.30. The predicted molar refractivity (Wildman–Crippen MR) is 131 cm³/mol. The smallest absolute Gasteiger partial charge is 0.124 e. The molecule has 0 amide bonds. The van der Waals surface area contributed by atoms with Gasteiger partial charge in [-0.2, -0.15) is 0 Å². The fourth-order valence-corrected chi connectivity index (χ4v) is 4.04. The van der Waals surface area contributed by atoms with Gasteiger partial charge in [-0.1, -0.05) is 84.4 Å². The highest BCUT2D eigenvalue weighted by Gasteiger charge is 2.11. The number of benzene rings is 4. The summed E-state index contributed by atoms with van der Waals surface area (Å²) in [5.41, 5.74) is 3.65. The maximum atomic E-state index is 6.25. The number of hydrogen-bond acceptors (Lipinski definition) is 2. The topological polar surface area (TPSA) is 21.3 Å². The highest BCUT2D eigenvalue weighted by Crippen LogP contribution is 2.29. The molecule has 1 N–H and O–H groups in total. The zero-order valence-electron chi connectivity index (χ0n) is 17.9. The quantitative estimate of drug-likeness (QED) is 0.304. The van der Waals surface area contributed by atoms with Crippen LogP contribution in [0, 0.1) is 0 Å².